The van der Waals surface area contributed by atoms with Gasteiger partial charge in [-0.3, -0.25) is 0 Å². The Morgan fingerprint density at radius 1 is 1.00 bits per heavy atom. The second-order valence-corrected chi connectivity index (χ2v) is 9.69. The smallest absolute Gasteiger partial charge is 0.324 e. The van der Waals surface area contributed by atoms with Crippen molar-refractivity contribution in [3.63, 3.8) is 0 Å². The standard InChI is InChI=1S/C26H28N4O4S/c1-15-23(25-29-21-6-4-5-7-22(21)35-25)24(28-17-9-8-16(10-17)14-31)30-26(27-15)34-20-12-18(32-2)11-19(13-20)33-3/h4-7,11-13,16-17,31H,8-10,14H2,1-3H3,(H,27,28,30)/t16-,17+/m1/s1. The van der Waals surface area contributed by atoms with Crippen molar-refractivity contribution in [1.29, 1.82) is 0 Å². The molecule has 0 spiro atoms. The van der Waals surface area contributed by atoms with Gasteiger partial charge in [0.1, 0.15) is 28.1 Å². The molecule has 4 aromatic rings. The molecular formula is C26H28N4O4S. The molecule has 9 heteroatoms. The fourth-order valence-corrected chi connectivity index (χ4v) is 5.51. The van der Waals surface area contributed by atoms with E-state index in [1.54, 1.807) is 43.8 Å². The van der Waals surface area contributed by atoms with Gasteiger partial charge >= 0.3 is 6.01 Å². The predicted octanol–water partition coefficient (Wildman–Crippen LogP) is 5.44. The summed E-state index contributed by atoms with van der Waals surface area (Å²) >= 11 is 1.62. The summed E-state index contributed by atoms with van der Waals surface area (Å²) in [5, 5.41) is 14.1. The number of aromatic nitrogens is 3. The zero-order valence-electron chi connectivity index (χ0n) is 19.9. The molecule has 1 aliphatic rings. The van der Waals surface area contributed by atoms with E-state index in [4.69, 9.17) is 24.2 Å². The van der Waals surface area contributed by atoms with E-state index in [-0.39, 0.29) is 18.7 Å². The van der Waals surface area contributed by atoms with Gasteiger partial charge in [0, 0.05) is 30.8 Å². The Kier molecular flexibility index (Phi) is 6.70. The monoisotopic (exact) mass is 492 g/mol. The highest BCUT2D eigenvalue weighted by Crippen LogP contribution is 2.39. The summed E-state index contributed by atoms with van der Waals surface area (Å²) in [6.45, 7) is 2.15. The Morgan fingerprint density at radius 3 is 2.43 bits per heavy atom. The van der Waals surface area contributed by atoms with Crippen LogP contribution in [-0.2, 0) is 0 Å². The zero-order chi connectivity index (χ0) is 24.4. The number of aliphatic hydroxyl groups excluding tert-OH is 1. The van der Waals surface area contributed by atoms with Crippen molar-refractivity contribution in [3.8, 4) is 33.8 Å². The minimum atomic E-state index is 0.206. The zero-order valence-corrected chi connectivity index (χ0v) is 20.8. The van der Waals surface area contributed by atoms with Crippen LogP contribution in [0.5, 0.6) is 23.3 Å². The van der Waals surface area contributed by atoms with E-state index in [9.17, 15) is 5.11 Å². The van der Waals surface area contributed by atoms with E-state index in [1.807, 2.05) is 25.1 Å². The summed E-state index contributed by atoms with van der Waals surface area (Å²) in [5.41, 5.74) is 2.58. The maximum atomic E-state index is 9.60. The molecule has 2 N–H and O–H groups in total. The first-order valence-electron chi connectivity index (χ1n) is 11.6. The molecule has 0 amide bonds. The van der Waals surface area contributed by atoms with E-state index in [0.29, 0.717) is 29.0 Å². The van der Waals surface area contributed by atoms with Crippen molar-refractivity contribution < 1.29 is 19.3 Å². The summed E-state index contributed by atoms with van der Waals surface area (Å²) in [6.07, 6.45) is 2.85. The summed E-state index contributed by atoms with van der Waals surface area (Å²) in [4.78, 5) is 14.3. The number of nitrogens with zero attached hydrogens (tertiary/aromatic N) is 3. The van der Waals surface area contributed by atoms with Gasteiger partial charge in [-0.1, -0.05) is 12.1 Å². The molecule has 0 radical (unpaired) electrons. The molecule has 0 aliphatic heterocycles. The molecule has 2 aromatic heterocycles. The third-order valence-electron chi connectivity index (χ3n) is 6.25. The highest BCUT2D eigenvalue weighted by Gasteiger charge is 2.27. The number of hydrogen-bond donors (Lipinski definition) is 2. The lowest BCUT2D eigenvalue weighted by molar-refractivity contribution is 0.229. The minimum absolute atomic E-state index is 0.206. The van der Waals surface area contributed by atoms with Crippen LogP contribution in [0.25, 0.3) is 20.8 Å². The molecule has 35 heavy (non-hydrogen) atoms. The lowest BCUT2D eigenvalue weighted by Crippen LogP contribution is -2.18. The number of fused-ring (bicyclic) bond motifs is 1. The largest absolute Gasteiger partial charge is 0.496 e. The average Bonchev–Trinajstić information content (AvgIpc) is 3.50. The van der Waals surface area contributed by atoms with E-state index in [0.717, 1.165) is 45.7 Å². The van der Waals surface area contributed by atoms with Crippen LogP contribution in [0.15, 0.2) is 42.5 Å². The molecule has 2 heterocycles. The number of aryl methyl sites for hydroxylation is 1. The number of hydrogen-bond acceptors (Lipinski definition) is 9. The molecule has 1 saturated carbocycles. The van der Waals surface area contributed by atoms with Crippen molar-refractivity contribution in [2.45, 2.75) is 32.2 Å². The first-order valence-corrected chi connectivity index (χ1v) is 12.4. The van der Waals surface area contributed by atoms with Gasteiger partial charge in [0.05, 0.1) is 35.7 Å². The normalized spacial score (nSPS) is 17.5. The Labute approximate surface area is 207 Å². The molecule has 1 fully saturated rings. The van der Waals surface area contributed by atoms with Crippen LogP contribution in [0, 0.1) is 12.8 Å². The number of rotatable bonds is 8. The Morgan fingerprint density at radius 2 is 1.74 bits per heavy atom. The fourth-order valence-electron chi connectivity index (χ4n) is 4.44. The summed E-state index contributed by atoms with van der Waals surface area (Å²) in [6, 6.07) is 13.8. The number of nitrogens with one attached hydrogen (secondary N) is 1. The lowest BCUT2D eigenvalue weighted by atomic mass is 10.1. The van der Waals surface area contributed by atoms with Crippen LogP contribution < -0.4 is 19.5 Å². The third kappa shape index (κ3) is 5.01. The van der Waals surface area contributed by atoms with Gasteiger partial charge in [-0.15, -0.1) is 11.3 Å². The lowest BCUT2D eigenvalue weighted by Gasteiger charge is -2.18. The predicted molar refractivity (Wildman–Crippen MR) is 137 cm³/mol. The SMILES string of the molecule is COc1cc(OC)cc(Oc2nc(C)c(-c3nc4ccccc4s3)c(N[C@H]3CC[C@@H](CO)C3)n2)c1. The van der Waals surface area contributed by atoms with Crippen molar-refractivity contribution >= 4 is 27.4 Å². The molecule has 8 nitrogen and oxygen atoms in total. The van der Waals surface area contributed by atoms with Crippen molar-refractivity contribution in [2.75, 3.05) is 26.1 Å². The van der Waals surface area contributed by atoms with Gasteiger partial charge in [-0.2, -0.15) is 9.97 Å². The summed E-state index contributed by atoms with van der Waals surface area (Å²) in [5.74, 6) is 2.73. The first-order chi connectivity index (χ1) is 17.1. The minimum Gasteiger partial charge on any atom is -0.496 e. The molecule has 182 valence electrons. The third-order valence-corrected chi connectivity index (χ3v) is 7.31. The number of methoxy groups -OCH3 is 2. The van der Waals surface area contributed by atoms with Crippen LogP contribution in [-0.4, -0.2) is 46.9 Å². The molecule has 2 atom stereocenters. The van der Waals surface area contributed by atoms with E-state index >= 15 is 0 Å². The number of para-hydroxylation sites is 1. The van der Waals surface area contributed by atoms with Gasteiger partial charge < -0.3 is 24.6 Å². The second-order valence-electron chi connectivity index (χ2n) is 8.66. The van der Waals surface area contributed by atoms with E-state index < -0.39 is 0 Å². The first kappa shape index (κ1) is 23.3. The fraction of sp³-hybridized carbons (Fsp3) is 0.346. The van der Waals surface area contributed by atoms with Gasteiger partial charge in [-0.05, 0) is 44.2 Å². The van der Waals surface area contributed by atoms with Crippen molar-refractivity contribution in [3.05, 3.63) is 48.2 Å². The average molecular weight is 493 g/mol. The molecule has 0 unspecified atom stereocenters. The molecule has 2 aromatic carbocycles. The Hall–Kier alpha value is -3.43. The topological polar surface area (TPSA) is 98.6 Å². The summed E-state index contributed by atoms with van der Waals surface area (Å²) < 4.78 is 17.9. The number of aliphatic hydroxyl groups is 1. The number of benzene rings is 2. The quantitative estimate of drug-likeness (QED) is 0.335. The second kappa shape index (κ2) is 10.1. The number of ether oxygens (including phenoxy) is 3. The van der Waals surface area contributed by atoms with Crippen molar-refractivity contribution in [1.82, 2.24) is 15.0 Å². The molecule has 5 rings (SSSR count). The summed E-state index contributed by atoms with van der Waals surface area (Å²) in [7, 11) is 3.19. The van der Waals surface area contributed by atoms with Gasteiger partial charge in [0.25, 0.3) is 0 Å². The van der Waals surface area contributed by atoms with Crippen molar-refractivity contribution in [2.24, 2.45) is 5.92 Å². The maximum absolute atomic E-state index is 9.60. The molecule has 0 saturated heterocycles. The van der Waals surface area contributed by atoms with Gasteiger partial charge in [0.15, 0.2) is 0 Å². The van der Waals surface area contributed by atoms with Crippen LogP contribution in [0.4, 0.5) is 5.82 Å². The highest BCUT2D eigenvalue weighted by molar-refractivity contribution is 7.21. The number of thiazole rings is 1. The van der Waals surface area contributed by atoms with Crippen LogP contribution in [0.3, 0.4) is 0 Å². The van der Waals surface area contributed by atoms with Gasteiger partial charge in [0.2, 0.25) is 0 Å². The van der Waals surface area contributed by atoms with Crippen LogP contribution in [0.2, 0.25) is 0 Å². The van der Waals surface area contributed by atoms with Crippen LogP contribution >= 0.6 is 11.3 Å². The number of anilines is 1. The van der Waals surface area contributed by atoms with E-state index in [2.05, 4.69) is 16.4 Å². The highest BCUT2D eigenvalue weighted by atomic mass is 32.1. The maximum Gasteiger partial charge on any atom is 0.324 e. The molecular weight excluding hydrogens is 464 g/mol. The van der Waals surface area contributed by atoms with Gasteiger partial charge in [-0.25, -0.2) is 4.98 Å². The van der Waals surface area contributed by atoms with Crippen LogP contribution in [0.1, 0.15) is 25.0 Å². The molecule has 1 aliphatic carbocycles. The van der Waals surface area contributed by atoms with E-state index in [1.165, 1.54) is 0 Å². The Bertz CT molecular complexity index is 1290. The Balaban J connectivity index is 1.54. The molecule has 0 bridgehead atoms.